The molecule has 1 aromatic carbocycles. The molecule has 0 fully saturated rings. The second-order valence-electron chi connectivity index (χ2n) is 3.57. The number of hydrogen-bond acceptors (Lipinski definition) is 2. The van der Waals surface area contributed by atoms with Crippen LogP contribution >= 0.6 is 0 Å². The van der Waals surface area contributed by atoms with Crippen LogP contribution in [0.1, 0.15) is 30.9 Å². The second-order valence-corrected chi connectivity index (χ2v) is 3.57. The predicted molar refractivity (Wildman–Crippen MR) is 51.9 cm³/mol. The molecule has 1 aromatic rings. The molecule has 0 saturated heterocycles. The minimum atomic E-state index is -0.760. The van der Waals surface area contributed by atoms with Gasteiger partial charge in [-0.1, -0.05) is 13.8 Å². The highest BCUT2D eigenvalue weighted by molar-refractivity contribution is 5.41. The molecule has 0 saturated carbocycles. The Morgan fingerprint density at radius 1 is 1.43 bits per heavy atom. The molecule has 76 valence electrons. The lowest BCUT2D eigenvalue weighted by Gasteiger charge is -2.09. The Hall–Kier alpha value is -1.45. The molecule has 14 heavy (non-hydrogen) atoms. The summed E-state index contributed by atoms with van der Waals surface area (Å²) in [7, 11) is 0. The maximum Gasteiger partial charge on any atom is 0.305 e. The monoisotopic (exact) mass is 197 g/mol. The third-order valence-corrected chi connectivity index (χ3v) is 2.15. The number of aryl methyl sites for hydroxylation is 1. The smallest absolute Gasteiger partial charge is 0.258 e. The zero-order valence-electron chi connectivity index (χ0n) is 8.37. The van der Waals surface area contributed by atoms with E-state index in [0.29, 0.717) is 0 Å². The molecule has 0 aliphatic rings. The molecular formula is C10H12FNO2. The fourth-order valence-corrected chi connectivity index (χ4v) is 1.44. The van der Waals surface area contributed by atoms with Crippen LogP contribution in [0.4, 0.5) is 10.1 Å². The van der Waals surface area contributed by atoms with Crippen molar-refractivity contribution < 1.29 is 9.31 Å². The average molecular weight is 197 g/mol. The highest BCUT2D eigenvalue weighted by Gasteiger charge is 2.17. The number of nitro groups is 1. The fourth-order valence-electron chi connectivity index (χ4n) is 1.44. The van der Waals surface area contributed by atoms with E-state index in [-0.39, 0.29) is 5.92 Å². The van der Waals surface area contributed by atoms with E-state index in [1.807, 2.05) is 13.8 Å². The molecular weight excluding hydrogens is 185 g/mol. The van der Waals surface area contributed by atoms with Gasteiger partial charge in [0, 0.05) is 6.07 Å². The third kappa shape index (κ3) is 1.89. The molecule has 0 spiro atoms. The molecule has 0 heterocycles. The molecule has 0 aliphatic carbocycles. The Balaban J connectivity index is 3.31. The molecule has 0 radical (unpaired) electrons. The Kier molecular flexibility index (Phi) is 2.84. The van der Waals surface area contributed by atoms with Gasteiger partial charge < -0.3 is 0 Å². The number of benzene rings is 1. The van der Waals surface area contributed by atoms with Gasteiger partial charge in [0.25, 0.3) is 0 Å². The van der Waals surface area contributed by atoms with Gasteiger partial charge >= 0.3 is 5.69 Å². The van der Waals surface area contributed by atoms with Gasteiger partial charge in [-0.15, -0.1) is 0 Å². The van der Waals surface area contributed by atoms with E-state index >= 15 is 0 Å². The van der Waals surface area contributed by atoms with Gasteiger partial charge in [0.05, 0.1) is 4.92 Å². The molecule has 4 heteroatoms. The summed E-state index contributed by atoms with van der Waals surface area (Å²) in [6.45, 7) is 5.60. The van der Waals surface area contributed by atoms with Gasteiger partial charge in [0.2, 0.25) is 5.82 Å². The first-order chi connectivity index (χ1) is 6.43. The summed E-state index contributed by atoms with van der Waals surface area (Å²) in [4.78, 5) is 9.72. The number of halogens is 1. The molecule has 0 aromatic heterocycles. The summed E-state index contributed by atoms with van der Waals surface area (Å²) in [5.41, 5.74) is 1.12. The highest BCUT2D eigenvalue weighted by atomic mass is 19.1. The van der Waals surface area contributed by atoms with E-state index in [1.54, 1.807) is 6.92 Å². The molecule has 0 amide bonds. The minimum Gasteiger partial charge on any atom is -0.258 e. The fraction of sp³-hybridized carbons (Fsp3) is 0.400. The predicted octanol–water partition coefficient (Wildman–Crippen LogP) is 3.17. The first-order valence-corrected chi connectivity index (χ1v) is 4.38. The second kappa shape index (κ2) is 3.74. The van der Waals surface area contributed by atoms with Crippen LogP contribution in [-0.4, -0.2) is 4.92 Å². The standard InChI is InChI=1S/C10H12FNO2/c1-6(2)8-5-9(11)10(12(13)14)4-7(8)3/h4-6H,1-3H3. The van der Waals surface area contributed by atoms with Gasteiger partial charge in [-0.25, -0.2) is 0 Å². The number of hydrogen-bond donors (Lipinski definition) is 0. The van der Waals surface area contributed by atoms with Crippen molar-refractivity contribution in [3.8, 4) is 0 Å². The van der Waals surface area contributed by atoms with Crippen LogP contribution < -0.4 is 0 Å². The quantitative estimate of drug-likeness (QED) is 0.539. The van der Waals surface area contributed by atoms with Crippen molar-refractivity contribution in [1.29, 1.82) is 0 Å². The van der Waals surface area contributed by atoms with E-state index in [4.69, 9.17) is 0 Å². The van der Waals surface area contributed by atoms with Gasteiger partial charge in [-0.2, -0.15) is 4.39 Å². The van der Waals surface area contributed by atoms with Crippen molar-refractivity contribution in [2.45, 2.75) is 26.7 Å². The molecule has 0 bridgehead atoms. The van der Waals surface area contributed by atoms with Gasteiger partial charge in [-0.05, 0) is 30.0 Å². The van der Waals surface area contributed by atoms with Crippen molar-refractivity contribution in [1.82, 2.24) is 0 Å². The molecule has 0 atom stereocenters. The zero-order valence-corrected chi connectivity index (χ0v) is 8.37. The number of nitro benzene ring substituents is 1. The summed E-state index contributed by atoms with van der Waals surface area (Å²) in [5.74, 6) is -0.588. The lowest BCUT2D eigenvalue weighted by Crippen LogP contribution is -1.98. The minimum absolute atomic E-state index is 0.172. The normalized spacial score (nSPS) is 10.6. The molecule has 3 nitrogen and oxygen atoms in total. The molecule has 1 rings (SSSR count). The first-order valence-electron chi connectivity index (χ1n) is 4.38. The highest BCUT2D eigenvalue weighted by Crippen LogP contribution is 2.26. The van der Waals surface area contributed by atoms with Crippen molar-refractivity contribution >= 4 is 5.69 Å². The van der Waals surface area contributed by atoms with Crippen LogP contribution in [0.5, 0.6) is 0 Å². The summed E-state index contributed by atoms with van der Waals surface area (Å²) in [5, 5.41) is 10.4. The summed E-state index contributed by atoms with van der Waals surface area (Å²) >= 11 is 0. The topological polar surface area (TPSA) is 43.1 Å². The van der Waals surface area contributed by atoms with Crippen LogP contribution in [0.25, 0.3) is 0 Å². The van der Waals surface area contributed by atoms with E-state index < -0.39 is 16.4 Å². The Morgan fingerprint density at radius 3 is 2.43 bits per heavy atom. The largest absolute Gasteiger partial charge is 0.305 e. The maximum atomic E-state index is 13.2. The summed E-state index contributed by atoms with van der Waals surface area (Å²) in [6, 6.07) is 2.53. The molecule has 0 N–H and O–H groups in total. The van der Waals surface area contributed by atoms with E-state index in [1.165, 1.54) is 12.1 Å². The Morgan fingerprint density at radius 2 is 2.00 bits per heavy atom. The van der Waals surface area contributed by atoms with E-state index in [9.17, 15) is 14.5 Å². The van der Waals surface area contributed by atoms with Gasteiger partial charge in [-0.3, -0.25) is 10.1 Å². The van der Waals surface area contributed by atoms with Crippen LogP contribution in [0.3, 0.4) is 0 Å². The van der Waals surface area contributed by atoms with Crippen molar-refractivity contribution in [3.05, 3.63) is 39.2 Å². The van der Waals surface area contributed by atoms with Gasteiger partial charge in [0.15, 0.2) is 0 Å². The SMILES string of the molecule is Cc1cc([N+](=O)[O-])c(F)cc1C(C)C. The maximum absolute atomic E-state index is 13.2. The molecule has 0 aliphatic heterocycles. The van der Waals surface area contributed by atoms with Crippen LogP contribution in [0.15, 0.2) is 12.1 Å². The lowest BCUT2D eigenvalue weighted by atomic mass is 9.97. The van der Waals surface area contributed by atoms with Crippen LogP contribution in [0.2, 0.25) is 0 Å². The lowest BCUT2D eigenvalue weighted by molar-refractivity contribution is -0.387. The third-order valence-electron chi connectivity index (χ3n) is 2.15. The van der Waals surface area contributed by atoms with Crippen molar-refractivity contribution in [3.63, 3.8) is 0 Å². The van der Waals surface area contributed by atoms with E-state index in [0.717, 1.165) is 11.1 Å². The van der Waals surface area contributed by atoms with Crippen LogP contribution in [0, 0.1) is 22.9 Å². The van der Waals surface area contributed by atoms with Gasteiger partial charge in [0.1, 0.15) is 0 Å². The first kappa shape index (κ1) is 10.6. The Labute approximate surface area is 81.7 Å². The summed E-state index contributed by atoms with van der Waals surface area (Å²) < 4.78 is 13.2. The van der Waals surface area contributed by atoms with Crippen molar-refractivity contribution in [2.75, 3.05) is 0 Å². The zero-order chi connectivity index (χ0) is 10.9. The Bertz CT molecular complexity index is 375. The van der Waals surface area contributed by atoms with Crippen molar-refractivity contribution in [2.24, 2.45) is 0 Å². The van der Waals surface area contributed by atoms with Crippen LogP contribution in [-0.2, 0) is 0 Å². The average Bonchev–Trinajstić information content (AvgIpc) is 2.07. The van der Waals surface area contributed by atoms with E-state index in [2.05, 4.69) is 0 Å². The number of nitrogens with zero attached hydrogens (tertiary/aromatic N) is 1. The summed E-state index contributed by atoms with van der Waals surface area (Å²) in [6.07, 6.45) is 0. The number of rotatable bonds is 2. The molecule has 0 unspecified atom stereocenters.